The molecule has 19 heavy (non-hydrogen) atoms. The van der Waals surface area contributed by atoms with Crippen LogP contribution in [0.4, 0.5) is 0 Å². The lowest BCUT2D eigenvalue weighted by Gasteiger charge is -2.35. The maximum atomic E-state index is 12.2. The molecule has 2 aliphatic carbocycles. The zero-order chi connectivity index (χ0) is 13.8. The summed E-state index contributed by atoms with van der Waals surface area (Å²) in [5.74, 6) is 2.87. The molecule has 3 unspecified atom stereocenters. The first kappa shape index (κ1) is 15.0. The molecule has 0 bridgehead atoms. The van der Waals surface area contributed by atoms with E-state index in [4.69, 9.17) is 0 Å². The van der Waals surface area contributed by atoms with Gasteiger partial charge in [-0.05, 0) is 44.1 Å². The minimum atomic E-state index is 0.296. The highest BCUT2D eigenvalue weighted by atomic mass is 16.1. The average Bonchev–Trinajstić information content (AvgIpc) is 2.35. The number of ketones is 1. The van der Waals surface area contributed by atoms with Crippen molar-refractivity contribution in [2.24, 2.45) is 23.7 Å². The molecule has 0 radical (unpaired) electrons. The minimum Gasteiger partial charge on any atom is -0.305 e. The predicted molar refractivity (Wildman–Crippen MR) is 80.1 cm³/mol. The Bertz CT molecular complexity index is 296. The number of Topliss-reactive ketones (excluding diaryl/α,β-unsaturated/α-hetero) is 1. The molecule has 2 nitrogen and oxygen atoms in total. The summed E-state index contributed by atoms with van der Waals surface area (Å²) in [6.07, 6.45) is 9.09. The molecule has 0 N–H and O–H groups in total. The van der Waals surface area contributed by atoms with Gasteiger partial charge in [-0.2, -0.15) is 0 Å². The van der Waals surface area contributed by atoms with E-state index < -0.39 is 0 Å². The number of rotatable bonds is 4. The van der Waals surface area contributed by atoms with Crippen molar-refractivity contribution in [2.45, 2.75) is 58.8 Å². The van der Waals surface area contributed by atoms with Gasteiger partial charge in [0.1, 0.15) is 5.78 Å². The third-order valence-corrected chi connectivity index (χ3v) is 5.23. The van der Waals surface area contributed by atoms with Crippen molar-refractivity contribution in [1.82, 2.24) is 4.90 Å². The summed E-state index contributed by atoms with van der Waals surface area (Å²) in [6, 6.07) is 0. The first-order valence-electron chi connectivity index (χ1n) is 8.27. The van der Waals surface area contributed by atoms with Crippen LogP contribution in [0.25, 0.3) is 0 Å². The van der Waals surface area contributed by atoms with Gasteiger partial charge in [-0.1, -0.05) is 33.1 Å². The first-order valence-corrected chi connectivity index (χ1v) is 8.27. The van der Waals surface area contributed by atoms with Crippen LogP contribution in [0.1, 0.15) is 58.8 Å². The fourth-order valence-corrected chi connectivity index (χ4v) is 4.20. The summed E-state index contributed by atoms with van der Waals surface area (Å²) in [6.45, 7) is 6.68. The Kier molecular flexibility index (Phi) is 5.44. The first-order chi connectivity index (χ1) is 9.06. The highest BCUT2D eigenvalue weighted by molar-refractivity contribution is 5.82. The summed E-state index contributed by atoms with van der Waals surface area (Å²) < 4.78 is 0. The third-order valence-electron chi connectivity index (χ3n) is 5.23. The summed E-state index contributed by atoms with van der Waals surface area (Å²) in [7, 11) is 2.21. The molecule has 0 saturated heterocycles. The Balaban J connectivity index is 1.80. The van der Waals surface area contributed by atoms with Gasteiger partial charge in [0.25, 0.3) is 0 Å². The summed E-state index contributed by atoms with van der Waals surface area (Å²) in [5.41, 5.74) is 0. The van der Waals surface area contributed by atoms with Crippen molar-refractivity contribution in [1.29, 1.82) is 0 Å². The van der Waals surface area contributed by atoms with E-state index in [0.717, 1.165) is 18.9 Å². The highest BCUT2D eigenvalue weighted by Crippen LogP contribution is 2.32. The lowest BCUT2D eigenvalue weighted by molar-refractivity contribution is -0.128. The molecule has 0 amide bonds. The van der Waals surface area contributed by atoms with Crippen LogP contribution < -0.4 is 0 Å². The number of carbonyl (C=O) groups excluding carboxylic acids is 1. The van der Waals surface area contributed by atoms with Crippen LogP contribution in [-0.4, -0.2) is 30.8 Å². The normalized spacial score (nSPS) is 33.9. The zero-order valence-electron chi connectivity index (χ0n) is 13.0. The van der Waals surface area contributed by atoms with Crippen molar-refractivity contribution in [3.63, 3.8) is 0 Å². The molecule has 3 atom stereocenters. The Hall–Kier alpha value is -0.370. The highest BCUT2D eigenvalue weighted by Gasteiger charge is 2.33. The maximum absolute atomic E-state index is 12.2. The average molecular weight is 265 g/mol. The predicted octanol–water partition coefficient (Wildman–Crippen LogP) is 3.75. The fraction of sp³-hybridized carbons (Fsp3) is 0.941. The van der Waals surface area contributed by atoms with Crippen molar-refractivity contribution in [2.75, 3.05) is 20.1 Å². The monoisotopic (exact) mass is 265 g/mol. The minimum absolute atomic E-state index is 0.296. The number of nitrogens with zero attached hydrogens (tertiary/aromatic N) is 1. The molecule has 0 aliphatic heterocycles. The Labute approximate surface area is 118 Å². The van der Waals surface area contributed by atoms with Crippen molar-refractivity contribution >= 4 is 5.78 Å². The topological polar surface area (TPSA) is 20.3 Å². The molecule has 2 heteroatoms. The Morgan fingerprint density at radius 2 is 1.79 bits per heavy atom. The van der Waals surface area contributed by atoms with Gasteiger partial charge in [0.05, 0.1) is 0 Å². The lowest BCUT2D eigenvalue weighted by atomic mass is 9.74. The van der Waals surface area contributed by atoms with Crippen molar-refractivity contribution in [3.8, 4) is 0 Å². The van der Waals surface area contributed by atoms with Gasteiger partial charge in [0.2, 0.25) is 0 Å². The second-order valence-corrected chi connectivity index (χ2v) is 7.32. The van der Waals surface area contributed by atoms with E-state index in [1.165, 1.54) is 45.1 Å². The fourth-order valence-electron chi connectivity index (χ4n) is 4.20. The lowest BCUT2D eigenvalue weighted by Crippen LogP contribution is -2.40. The second kappa shape index (κ2) is 6.88. The SMILES string of the molecule is CC1CC(=O)C(CN(C)CC2CCCCC2)C(C)C1. The molecule has 0 aromatic rings. The van der Waals surface area contributed by atoms with Gasteiger partial charge < -0.3 is 4.90 Å². The van der Waals surface area contributed by atoms with E-state index in [9.17, 15) is 4.79 Å². The Morgan fingerprint density at radius 3 is 2.42 bits per heavy atom. The molecule has 0 aromatic heterocycles. The molecule has 2 rings (SSSR count). The zero-order valence-corrected chi connectivity index (χ0v) is 13.0. The molecular formula is C17H31NO. The standard InChI is InChI=1S/C17H31NO/c1-13-9-14(2)16(17(19)10-13)12-18(3)11-15-7-5-4-6-8-15/h13-16H,4-12H2,1-3H3. The summed E-state index contributed by atoms with van der Waals surface area (Å²) >= 11 is 0. The molecular weight excluding hydrogens is 234 g/mol. The Morgan fingerprint density at radius 1 is 1.11 bits per heavy atom. The van der Waals surface area contributed by atoms with E-state index >= 15 is 0 Å². The van der Waals surface area contributed by atoms with Gasteiger partial charge >= 0.3 is 0 Å². The van der Waals surface area contributed by atoms with Crippen LogP contribution in [0.3, 0.4) is 0 Å². The van der Waals surface area contributed by atoms with Crippen LogP contribution in [0, 0.1) is 23.7 Å². The van der Waals surface area contributed by atoms with E-state index in [1.54, 1.807) is 0 Å². The van der Waals surface area contributed by atoms with E-state index in [0.29, 0.717) is 23.5 Å². The molecule has 2 fully saturated rings. The largest absolute Gasteiger partial charge is 0.305 e. The number of hydrogen-bond donors (Lipinski definition) is 0. The molecule has 2 aliphatic rings. The van der Waals surface area contributed by atoms with Crippen LogP contribution >= 0.6 is 0 Å². The summed E-state index contributed by atoms with van der Waals surface area (Å²) in [5, 5.41) is 0. The second-order valence-electron chi connectivity index (χ2n) is 7.32. The van der Waals surface area contributed by atoms with Crippen LogP contribution in [0.2, 0.25) is 0 Å². The molecule has 0 spiro atoms. The van der Waals surface area contributed by atoms with Gasteiger partial charge in [-0.15, -0.1) is 0 Å². The molecule has 0 aromatic carbocycles. The van der Waals surface area contributed by atoms with Gasteiger partial charge in [-0.25, -0.2) is 0 Å². The molecule has 2 saturated carbocycles. The number of hydrogen-bond acceptors (Lipinski definition) is 2. The maximum Gasteiger partial charge on any atom is 0.137 e. The van der Waals surface area contributed by atoms with Gasteiger partial charge in [0.15, 0.2) is 0 Å². The van der Waals surface area contributed by atoms with Gasteiger partial charge in [-0.3, -0.25) is 4.79 Å². The van der Waals surface area contributed by atoms with Crippen LogP contribution in [-0.2, 0) is 4.79 Å². The van der Waals surface area contributed by atoms with E-state index in [-0.39, 0.29) is 0 Å². The van der Waals surface area contributed by atoms with Crippen molar-refractivity contribution in [3.05, 3.63) is 0 Å². The van der Waals surface area contributed by atoms with Crippen LogP contribution in [0.15, 0.2) is 0 Å². The van der Waals surface area contributed by atoms with Crippen molar-refractivity contribution < 1.29 is 4.79 Å². The smallest absolute Gasteiger partial charge is 0.137 e. The molecule has 0 heterocycles. The van der Waals surface area contributed by atoms with Crippen LogP contribution in [0.5, 0.6) is 0 Å². The third kappa shape index (κ3) is 4.30. The molecule has 110 valence electrons. The van der Waals surface area contributed by atoms with E-state index in [1.807, 2.05) is 0 Å². The number of carbonyl (C=O) groups is 1. The quantitative estimate of drug-likeness (QED) is 0.771. The van der Waals surface area contributed by atoms with Gasteiger partial charge in [0, 0.05) is 25.4 Å². The van der Waals surface area contributed by atoms with E-state index in [2.05, 4.69) is 25.8 Å². The summed E-state index contributed by atoms with van der Waals surface area (Å²) in [4.78, 5) is 14.7.